The van der Waals surface area contributed by atoms with Crippen molar-refractivity contribution in [1.29, 1.82) is 0 Å². The normalized spacial score (nSPS) is 12.5. The lowest BCUT2D eigenvalue weighted by atomic mass is 10.2. The molecule has 114 valence electrons. The quantitative estimate of drug-likeness (QED) is 0.727. The Bertz CT molecular complexity index is 584. The number of rotatable bonds is 8. The van der Waals surface area contributed by atoms with Gasteiger partial charge in [0.15, 0.2) is 0 Å². The molecule has 0 unspecified atom stereocenters. The number of carbonyl (C=O) groups is 1. The minimum absolute atomic E-state index is 0.0560. The number of nitrogens with two attached hydrogens (primary N) is 1. The van der Waals surface area contributed by atoms with Crippen LogP contribution in [0.3, 0.4) is 0 Å². The molecule has 3 N–H and O–H groups in total. The zero-order valence-corrected chi connectivity index (χ0v) is 13.1. The Hall–Kier alpha value is -1.53. The summed E-state index contributed by atoms with van der Waals surface area (Å²) in [6.07, 6.45) is 5.44. The van der Waals surface area contributed by atoms with Gasteiger partial charge in [-0.15, -0.1) is 0 Å². The highest BCUT2D eigenvalue weighted by Gasteiger charge is 2.11. The smallest absolute Gasteiger partial charge is 0.236 e. The van der Waals surface area contributed by atoms with Gasteiger partial charge >= 0.3 is 0 Å². The van der Waals surface area contributed by atoms with Crippen LogP contribution in [0.4, 0.5) is 0 Å². The molecule has 21 heavy (non-hydrogen) atoms. The number of nitrogens with one attached hydrogen (secondary N) is 1. The summed E-state index contributed by atoms with van der Waals surface area (Å²) in [6.45, 7) is 1.47. The van der Waals surface area contributed by atoms with E-state index in [9.17, 15) is 4.79 Å². The average molecular weight is 306 g/mol. The first-order chi connectivity index (χ1) is 10.2. The van der Waals surface area contributed by atoms with Gasteiger partial charge < -0.3 is 15.6 Å². The van der Waals surface area contributed by atoms with Crippen molar-refractivity contribution < 1.29 is 4.79 Å². The SMILES string of the molecule is CSCC[C@H](N)C(=O)NCCCn1cnc2ccccc21. The van der Waals surface area contributed by atoms with Crippen LogP contribution in [0.1, 0.15) is 12.8 Å². The van der Waals surface area contributed by atoms with Crippen molar-refractivity contribution in [2.45, 2.75) is 25.4 Å². The number of carbonyl (C=O) groups excluding carboxylic acids is 1. The third-order valence-electron chi connectivity index (χ3n) is 3.37. The van der Waals surface area contributed by atoms with Crippen LogP contribution in [0, 0.1) is 0 Å². The number of amides is 1. The number of aromatic nitrogens is 2. The molecule has 0 bridgehead atoms. The van der Waals surface area contributed by atoms with E-state index in [-0.39, 0.29) is 5.91 Å². The summed E-state index contributed by atoms with van der Waals surface area (Å²) in [5.74, 6) is 0.856. The molecule has 6 heteroatoms. The number of fused-ring (bicyclic) bond motifs is 1. The van der Waals surface area contributed by atoms with Crippen LogP contribution in [-0.4, -0.2) is 40.1 Å². The highest BCUT2D eigenvalue weighted by molar-refractivity contribution is 7.98. The van der Waals surface area contributed by atoms with Gasteiger partial charge in [-0.25, -0.2) is 4.98 Å². The number of thioether (sulfide) groups is 1. The van der Waals surface area contributed by atoms with Gasteiger partial charge in [-0.1, -0.05) is 12.1 Å². The maximum Gasteiger partial charge on any atom is 0.236 e. The molecule has 1 heterocycles. The lowest BCUT2D eigenvalue weighted by Gasteiger charge is -2.11. The summed E-state index contributed by atoms with van der Waals surface area (Å²) in [7, 11) is 0. The fourth-order valence-corrected chi connectivity index (χ4v) is 2.65. The topological polar surface area (TPSA) is 72.9 Å². The van der Waals surface area contributed by atoms with Crippen molar-refractivity contribution in [3.05, 3.63) is 30.6 Å². The molecule has 0 saturated heterocycles. The molecule has 2 aromatic rings. The molecule has 0 aliphatic heterocycles. The zero-order valence-electron chi connectivity index (χ0n) is 12.3. The fraction of sp³-hybridized carbons (Fsp3) is 0.467. The summed E-state index contributed by atoms with van der Waals surface area (Å²) in [5.41, 5.74) is 7.94. The number of hydrogen-bond donors (Lipinski definition) is 2. The Kier molecular flexibility index (Phi) is 6.07. The molecule has 0 radical (unpaired) electrons. The summed E-state index contributed by atoms with van der Waals surface area (Å²) in [6, 6.07) is 7.65. The predicted molar refractivity (Wildman–Crippen MR) is 88.3 cm³/mol. The summed E-state index contributed by atoms with van der Waals surface area (Å²) in [5, 5.41) is 2.89. The summed E-state index contributed by atoms with van der Waals surface area (Å²) >= 11 is 1.70. The maximum atomic E-state index is 11.8. The standard InChI is InChI=1S/C15H22N4OS/c1-21-10-7-12(16)15(20)17-8-4-9-19-11-18-13-5-2-3-6-14(13)19/h2-3,5-6,11-12H,4,7-10,16H2,1H3,(H,17,20)/t12-/m0/s1. The monoisotopic (exact) mass is 306 g/mol. The molecule has 0 saturated carbocycles. The number of para-hydroxylation sites is 2. The van der Waals surface area contributed by atoms with E-state index in [2.05, 4.69) is 20.9 Å². The van der Waals surface area contributed by atoms with E-state index in [1.54, 1.807) is 11.8 Å². The van der Waals surface area contributed by atoms with E-state index >= 15 is 0 Å². The van der Waals surface area contributed by atoms with Gasteiger partial charge in [-0.2, -0.15) is 11.8 Å². The van der Waals surface area contributed by atoms with Gasteiger partial charge in [-0.3, -0.25) is 4.79 Å². The van der Waals surface area contributed by atoms with Crippen molar-refractivity contribution in [2.75, 3.05) is 18.6 Å². The van der Waals surface area contributed by atoms with Crippen molar-refractivity contribution in [1.82, 2.24) is 14.9 Å². The predicted octanol–water partition coefficient (Wildman–Crippen LogP) is 1.62. The van der Waals surface area contributed by atoms with Crippen LogP contribution in [0.25, 0.3) is 11.0 Å². The van der Waals surface area contributed by atoms with Crippen LogP contribution in [0.5, 0.6) is 0 Å². The first-order valence-electron chi connectivity index (χ1n) is 7.14. The lowest BCUT2D eigenvalue weighted by molar-refractivity contribution is -0.122. The van der Waals surface area contributed by atoms with E-state index in [1.165, 1.54) is 0 Å². The second-order valence-corrected chi connectivity index (χ2v) is 5.94. The average Bonchev–Trinajstić information content (AvgIpc) is 2.92. The fourth-order valence-electron chi connectivity index (χ4n) is 2.16. The number of hydrogen-bond acceptors (Lipinski definition) is 4. The molecule has 0 spiro atoms. The largest absolute Gasteiger partial charge is 0.355 e. The van der Waals surface area contributed by atoms with Crippen molar-refractivity contribution in [3.63, 3.8) is 0 Å². The van der Waals surface area contributed by atoms with Gasteiger partial charge in [0.2, 0.25) is 5.91 Å². The van der Waals surface area contributed by atoms with E-state index in [0.717, 1.165) is 36.2 Å². The van der Waals surface area contributed by atoms with E-state index in [4.69, 9.17) is 5.73 Å². The minimum Gasteiger partial charge on any atom is -0.355 e. The molecule has 0 aliphatic carbocycles. The van der Waals surface area contributed by atoms with Crippen LogP contribution in [0.15, 0.2) is 30.6 Å². The molecule has 1 aromatic carbocycles. The number of benzene rings is 1. The molecule has 0 aliphatic rings. The molecule has 5 nitrogen and oxygen atoms in total. The third kappa shape index (κ3) is 4.47. The molecule has 1 atom stereocenters. The van der Waals surface area contributed by atoms with E-state index in [0.29, 0.717) is 6.54 Å². The number of nitrogens with zero attached hydrogens (tertiary/aromatic N) is 2. The summed E-state index contributed by atoms with van der Waals surface area (Å²) in [4.78, 5) is 16.1. The Morgan fingerprint density at radius 1 is 1.48 bits per heavy atom. The molecular weight excluding hydrogens is 284 g/mol. The Labute approximate surface area is 129 Å². The molecule has 2 rings (SSSR count). The maximum absolute atomic E-state index is 11.8. The molecule has 0 fully saturated rings. The first kappa shape index (κ1) is 15.9. The van der Waals surface area contributed by atoms with Gasteiger partial charge in [0, 0.05) is 13.1 Å². The van der Waals surface area contributed by atoms with Crippen molar-refractivity contribution in [2.24, 2.45) is 5.73 Å². The molecule has 1 aromatic heterocycles. The third-order valence-corrected chi connectivity index (χ3v) is 4.02. The minimum atomic E-state index is -0.397. The zero-order chi connectivity index (χ0) is 15.1. The highest BCUT2D eigenvalue weighted by Crippen LogP contribution is 2.11. The van der Waals surface area contributed by atoms with Crippen molar-refractivity contribution in [3.8, 4) is 0 Å². The number of imidazole rings is 1. The second kappa shape index (κ2) is 8.05. The van der Waals surface area contributed by atoms with Crippen LogP contribution < -0.4 is 11.1 Å². The second-order valence-electron chi connectivity index (χ2n) is 4.96. The van der Waals surface area contributed by atoms with Crippen LogP contribution in [-0.2, 0) is 11.3 Å². The Morgan fingerprint density at radius 2 is 2.29 bits per heavy atom. The first-order valence-corrected chi connectivity index (χ1v) is 8.54. The van der Waals surface area contributed by atoms with Crippen LogP contribution >= 0.6 is 11.8 Å². The van der Waals surface area contributed by atoms with Gasteiger partial charge in [-0.05, 0) is 37.0 Å². The van der Waals surface area contributed by atoms with Crippen LogP contribution in [0.2, 0.25) is 0 Å². The van der Waals surface area contributed by atoms with E-state index < -0.39 is 6.04 Å². The lowest BCUT2D eigenvalue weighted by Crippen LogP contribution is -2.41. The van der Waals surface area contributed by atoms with E-state index in [1.807, 2.05) is 30.8 Å². The Balaban J connectivity index is 1.73. The number of aryl methyl sites for hydroxylation is 1. The highest BCUT2D eigenvalue weighted by atomic mass is 32.2. The van der Waals surface area contributed by atoms with Crippen molar-refractivity contribution >= 4 is 28.7 Å². The summed E-state index contributed by atoms with van der Waals surface area (Å²) < 4.78 is 2.11. The molecular formula is C15H22N4OS. The Morgan fingerprint density at radius 3 is 3.10 bits per heavy atom. The van der Waals surface area contributed by atoms with Gasteiger partial charge in [0.1, 0.15) is 0 Å². The van der Waals surface area contributed by atoms with Gasteiger partial charge in [0.05, 0.1) is 23.4 Å². The molecule has 1 amide bonds. The van der Waals surface area contributed by atoms with Gasteiger partial charge in [0.25, 0.3) is 0 Å².